The van der Waals surface area contributed by atoms with E-state index in [0.717, 1.165) is 0 Å². The standard InChI is InChI=1S/C46H34Si/c1-47(2)42-20-12-11-17-37(42)40-29-30-41-43(35-25-21-33(22-26-35)31-13-5-3-6-14-31)38-18-9-10-19-39(38)44(45(41)46(40)47)36-27-23-34(24-28-36)32-15-7-4-8-16-32/h3-30H,1-2H3/q-1. The van der Waals surface area contributed by atoms with Crippen molar-refractivity contribution in [2.75, 3.05) is 0 Å². The van der Waals surface area contributed by atoms with Gasteiger partial charge in [-0.25, -0.2) is 0 Å². The van der Waals surface area contributed by atoms with Crippen molar-refractivity contribution in [1.82, 2.24) is 0 Å². The van der Waals surface area contributed by atoms with Crippen LogP contribution in [-0.4, -0.2) is 8.07 Å². The number of hydrogen-bond acceptors (Lipinski definition) is 0. The van der Waals surface area contributed by atoms with E-state index < -0.39 is 8.07 Å². The molecule has 0 fully saturated rings. The average Bonchev–Trinajstić information content (AvgIpc) is 3.37. The molecule has 223 valence electrons. The Morgan fingerprint density at radius 3 is 1.36 bits per heavy atom. The lowest BCUT2D eigenvalue weighted by Gasteiger charge is -2.35. The first-order chi connectivity index (χ1) is 23.1. The van der Waals surface area contributed by atoms with Gasteiger partial charge in [0.2, 0.25) is 0 Å². The number of fused-ring (bicyclic) bond motifs is 6. The Morgan fingerprint density at radius 2 is 0.766 bits per heavy atom. The van der Waals surface area contributed by atoms with Gasteiger partial charge in [-0.3, -0.25) is 0 Å². The molecule has 1 aliphatic heterocycles. The smallest absolute Gasteiger partial charge is 0.00274 e. The van der Waals surface area contributed by atoms with Crippen LogP contribution in [-0.2, 0) is 0 Å². The fraction of sp³-hybridized carbons (Fsp3) is 0.0435. The Kier molecular flexibility index (Phi) is 6.38. The Balaban J connectivity index is 1.37. The van der Waals surface area contributed by atoms with Gasteiger partial charge < -0.3 is 0 Å². The summed E-state index contributed by atoms with van der Waals surface area (Å²) in [6, 6.07) is 62.9. The first-order valence-corrected chi connectivity index (χ1v) is 19.5. The highest BCUT2D eigenvalue weighted by Gasteiger charge is 2.30. The number of hydrogen-bond donors (Lipinski definition) is 0. The van der Waals surface area contributed by atoms with Crippen molar-refractivity contribution in [1.29, 1.82) is 0 Å². The van der Waals surface area contributed by atoms with Crippen LogP contribution >= 0.6 is 0 Å². The van der Waals surface area contributed by atoms with E-state index in [1.165, 1.54) is 82.4 Å². The van der Waals surface area contributed by atoms with Crippen molar-refractivity contribution in [3.05, 3.63) is 170 Å². The van der Waals surface area contributed by atoms with Crippen molar-refractivity contribution < 1.29 is 0 Å². The molecule has 0 unspecified atom stereocenters. The van der Waals surface area contributed by atoms with Gasteiger partial charge in [0, 0.05) is 0 Å². The summed E-state index contributed by atoms with van der Waals surface area (Å²) in [7, 11) is -2.04. The SMILES string of the molecule is C[Si-]1(C)c2ccccc2-c2ccc3c(-c4ccc(-c5ccccc5)cc4)c4ccccc4c(-c4ccc(-c5ccccc5)cc4)c3c21. The van der Waals surface area contributed by atoms with Crippen LogP contribution < -0.4 is 10.4 Å². The maximum Gasteiger partial charge on any atom is -0.00274 e. The molecular weight excluding hydrogens is 581 g/mol. The van der Waals surface area contributed by atoms with E-state index in [-0.39, 0.29) is 0 Å². The van der Waals surface area contributed by atoms with Crippen LogP contribution in [0.1, 0.15) is 0 Å². The van der Waals surface area contributed by atoms with E-state index in [0.29, 0.717) is 0 Å². The van der Waals surface area contributed by atoms with Crippen molar-refractivity contribution in [2.24, 2.45) is 0 Å². The zero-order valence-corrected chi connectivity index (χ0v) is 27.7. The average molecular weight is 615 g/mol. The van der Waals surface area contributed by atoms with Gasteiger partial charge in [-0.05, 0) is 66.1 Å². The summed E-state index contributed by atoms with van der Waals surface area (Å²) in [6.45, 7) is 5.09. The zero-order valence-electron chi connectivity index (χ0n) is 26.7. The van der Waals surface area contributed by atoms with E-state index in [2.05, 4.69) is 183 Å². The van der Waals surface area contributed by atoms with Crippen LogP contribution in [0.15, 0.2) is 170 Å². The summed E-state index contributed by atoms with van der Waals surface area (Å²) in [5.74, 6) is 0. The molecule has 0 N–H and O–H groups in total. The van der Waals surface area contributed by atoms with E-state index >= 15 is 0 Å². The van der Waals surface area contributed by atoms with Gasteiger partial charge in [0.25, 0.3) is 0 Å². The van der Waals surface area contributed by atoms with Gasteiger partial charge in [0.05, 0.1) is 0 Å². The van der Waals surface area contributed by atoms with Crippen molar-refractivity contribution in [3.63, 3.8) is 0 Å². The Labute approximate surface area is 277 Å². The predicted octanol–water partition coefficient (Wildman–Crippen LogP) is 11.5. The van der Waals surface area contributed by atoms with Crippen LogP contribution in [0.2, 0.25) is 13.1 Å². The molecular formula is C46H34Si-. The van der Waals surface area contributed by atoms with Gasteiger partial charge in [0.15, 0.2) is 0 Å². The highest BCUT2D eigenvalue weighted by molar-refractivity contribution is 7.05. The molecule has 8 aromatic rings. The molecule has 0 radical (unpaired) electrons. The second kappa shape index (κ2) is 10.8. The van der Waals surface area contributed by atoms with Gasteiger partial charge >= 0.3 is 0 Å². The third-order valence-corrected chi connectivity index (χ3v) is 13.8. The Hall–Kier alpha value is -5.50. The minimum Gasteiger partial charge on any atom is -0.173 e. The molecule has 0 aliphatic carbocycles. The molecule has 1 heterocycles. The van der Waals surface area contributed by atoms with E-state index in [9.17, 15) is 0 Å². The molecule has 0 bridgehead atoms. The highest BCUT2D eigenvalue weighted by Crippen LogP contribution is 2.46. The van der Waals surface area contributed by atoms with Crippen molar-refractivity contribution >= 4 is 40.0 Å². The van der Waals surface area contributed by atoms with Crippen LogP contribution in [0.4, 0.5) is 0 Å². The van der Waals surface area contributed by atoms with Gasteiger partial charge in [-0.1, -0.05) is 189 Å². The second-order valence-corrected chi connectivity index (χ2v) is 17.6. The van der Waals surface area contributed by atoms with Gasteiger partial charge in [-0.15, -0.1) is 0 Å². The van der Waals surface area contributed by atoms with Crippen LogP contribution in [0, 0.1) is 0 Å². The largest absolute Gasteiger partial charge is 0.173 e. The first-order valence-electron chi connectivity index (χ1n) is 16.5. The molecule has 0 nitrogen and oxygen atoms in total. The third-order valence-electron chi connectivity index (χ3n) is 10.3. The molecule has 1 heteroatoms. The fourth-order valence-electron chi connectivity index (χ4n) is 8.07. The van der Waals surface area contributed by atoms with E-state index in [4.69, 9.17) is 0 Å². The molecule has 1 aliphatic rings. The molecule has 0 aromatic heterocycles. The third kappa shape index (κ3) is 4.35. The summed E-state index contributed by atoms with van der Waals surface area (Å²) in [4.78, 5) is 0. The molecule has 0 atom stereocenters. The number of benzene rings is 8. The topological polar surface area (TPSA) is 0 Å². The summed E-state index contributed by atoms with van der Waals surface area (Å²) >= 11 is 0. The molecule has 8 aromatic carbocycles. The van der Waals surface area contributed by atoms with Crippen molar-refractivity contribution in [3.8, 4) is 55.6 Å². The summed E-state index contributed by atoms with van der Waals surface area (Å²) in [5, 5.41) is 8.46. The lowest BCUT2D eigenvalue weighted by atomic mass is 9.84. The maximum absolute atomic E-state index is 2.54. The molecule has 47 heavy (non-hydrogen) atoms. The highest BCUT2D eigenvalue weighted by atomic mass is 28.3. The van der Waals surface area contributed by atoms with Gasteiger partial charge in [-0.2, -0.15) is 23.5 Å². The summed E-state index contributed by atoms with van der Waals surface area (Å²) in [5.41, 5.74) is 13.0. The molecule has 0 spiro atoms. The molecule has 0 saturated carbocycles. The fourth-order valence-corrected chi connectivity index (χ4v) is 11.5. The molecule has 0 saturated heterocycles. The van der Waals surface area contributed by atoms with Crippen LogP contribution in [0.25, 0.3) is 77.2 Å². The maximum atomic E-state index is 2.54. The lowest BCUT2D eigenvalue weighted by molar-refractivity contribution is 1.60. The Bertz CT molecular complexity index is 2440. The monoisotopic (exact) mass is 614 g/mol. The molecule has 9 rings (SSSR count). The molecule has 0 amide bonds. The van der Waals surface area contributed by atoms with Crippen LogP contribution in [0.5, 0.6) is 0 Å². The lowest BCUT2D eigenvalue weighted by Crippen LogP contribution is -2.49. The minimum absolute atomic E-state index is 1.24. The van der Waals surface area contributed by atoms with Crippen molar-refractivity contribution in [2.45, 2.75) is 13.1 Å². The van der Waals surface area contributed by atoms with Gasteiger partial charge in [0.1, 0.15) is 0 Å². The minimum atomic E-state index is -2.04. The van der Waals surface area contributed by atoms with E-state index in [1.54, 1.807) is 5.19 Å². The quantitative estimate of drug-likeness (QED) is 0.137. The number of rotatable bonds is 4. The zero-order chi connectivity index (χ0) is 31.5. The normalized spacial score (nSPS) is 13.1. The first kappa shape index (κ1) is 27.8. The summed E-state index contributed by atoms with van der Waals surface area (Å²) in [6.07, 6.45) is 0. The Morgan fingerprint density at radius 1 is 0.319 bits per heavy atom. The second-order valence-electron chi connectivity index (χ2n) is 13.3. The van der Waals surface area contributed by atoms with E-state index in [1.807, 2.05) is 0 Å². The summed E-state index contributed by atoms with van der Waals surface area (Å²) < 4.78 is 0. The predicted molar refractivity (Wildman–Crippen MR) is 205 cm³/mol. The van der Waals surface area contributed by atoms with Crippen LogP contribution in [0.3, 0.4) is 0 Å².